The van der Waals surface area contributed by atoms with Gasteiger partial charge in [0.05, 0.1) is 0 Å². The Labute approximate surface area is 137 Å². The number of furan rings is 1. The van der Waals surface area contributed by atoms with Gasteiger partial charge in [-0.25, -0.2) is 0 Å². The molecule has 1 aromatic carbocycles. The molecule has 2 aromatic heterocycles. The summed E-state index contributed by atoms with van der Waals surface area (Å²) < 4.78 is 10.9. The van der Waals surface area contributed by atoms with E-state index in [1.165, 1.54) is 11.3 Å². The van der Waals surface area contributed by atoms with Gasteiger partial charge in [0.15, 0.2) is 5.76 Å². The smallest absolute Gasteiger partial charge is 0.293 e. The van der Waals surface area contributed by atoms with E-state index >= 15 is 0 Å². The van der Waals surface area contributed by atoms with E-state index in [2.05, 4.69) is 15.5 Å². The Morgan fingerprint density at radius 2 is 2.13 bits per heavy atom. The lowest BCUT2D eigenvalue weighted by Gasteiger charge is -2.02. The first-order valence-corrected chi connectivity index (χ1v) is 7.98. The predicted molar refractivity (Wildman–Crippen MR) is 89.0 cm³/mol. The number of ether oxygens (including phenoxy) is 1. The maximum atomic E-state index is 12.4. The van der Waals surface area contributed by atoms with Crippen LogP contribution < -0.4 is 5.32 Å². The van der Waals surface area contributed by atoms with Crippen molar-refractivity contribution in [2.24, 2.45) is 0 Å². The molecule has 3 aromatic rings. The van der Waals surface area contributed by atoms with Crippen LogP contribution in [0.1, 0.15) is 39.7 Å². The number of nitrogens with one attached hydrogen (secondary N) is 1. The summed E-state index contributed by atoms with van der Waals surface area (Å²) in [6.45, 7) is 5.73. The number of nitrogens with zero attached hydrogens (tertiary/aromatic N) is 2. The molecule has 0 aliphatic rings. The van der Waals surface area contributed by atoms with Crippen LogP contribution >= 0.6 is 11.3 Å². The zero-order valence-corrected chi connectivity index (χ0v) is 14.2. The highest BCUT2D eigenvalue weighted by Crippen LogP contribution is 2.28. The molecule has 1 atom stereocenters. The Morgan fingerprint density at radius 1 is 1.35 bits per heavy atom. The summed E-state index contributed by atoms with van der Waals surface area (Å²) in [4.78, 5) is 12.4. The number of hydrogen-bond donors (Lipinski definition) is 1. The highest BCUT2D eigenvalue weighted by atomic mass is 32.1. The number of carbonyl (C=O) groups is 1. The van der Waals surface area contributed by atoms with Crippen LogP contribution in [0.5, 0.6) is 0 Å². The molecule has 0 radical (unpaired) electrons. The van der Waals surface area contributed by atoms with Gasteiger partial charge in [-0.2, -0.15) is 0 Å². The van der Waals surface area contributed by atoms with Crippen molar-refractivity contribution in [3.63, 3.8) is 0 Å². The standard InChI is InChI=1S/C16H17N3O3S/c1-8-5-6-11-9(2)13(22-12(11)7-8)14(20)17-16-19-18-15(23-16)10(3)21-4/h5-7,10H,1-4H3,(H,17,19,20). The molecule has 1 amide bonds. The summed E-state index contributed by atoms with van der Waals surface area (Å²) in [6, 6.07) is 5.88. The van der Waals surface area contributed by atoms with Gasteiger partial charge in [-0.1, -0.05) is 23.5 Å². The van der Waals surface area contributed by atoms with E-state index < -0.39 is 0 Å². The SMILES string of the molecule is COC(C)c1nnc(NC(=O)c2oc3cc(C)ccc3c2C)s1. The minimum atomic E-state index is -0.330. The van der Waals surface area contributed by atoms with Crippen LogP contribution in [0.25, 0.3) is 11.0 Å². The van der Waals surface area contributed by atoms with Crippen LogP contribution in [0.3, 0.4) is 0 Å². The number of hydrogen-bond acceptors (Lipinski definition) is 6. The first-order chi connectivity index (χ1) is 11.0. The highest BCUT2D eigenvalue weighted by molar-refractivity contribution is 7.15. The lowest BCUT2D eigenvalue weighted by atomic mass is 10.1. The van der Waals surface area contributed by atoms with Crippen LogP contribution in [0, 0.1) is 13.8 Å². The van der Waals surface area contributed by atoms with Gasteiger partial charge in [0.1, 0.15) is 16.7 Å². The predicted octanol–water partition coefficient (Wildman–Crippen LogP) is 3.86. The molecular weight excluding hydrogens is 314 g/mol. The van der Waals surface area contributed by atoms with Crippen molar-refractivity contribution in [3.05, 3.63) is 40.1 Å². The van der Waals surface area contributed by atoms with Crippen molar-refractivity contribution >= 4 is 33.3 Å². The van der Waals surface area contributed by atoms with Crippen LogP contribution in [-0.4, -0.2) is 23.2 Å². The maximum Gasteiger partial charge on any atom is 0.293 e. The summed E-state index contributed by atoms with van der Waals surface area (Å²) in [6.07, 6.45) is -0.158. The largest absolute Gasteiger partial charge is 0.451 e. The third-order valence-electron chi connectivity index (χ3n) is 3.66. The molecule has 1 unspecified atom stereocenters. The van der Waals surface area contributed by atoms with Crippen molar-refractivity contribution < 1.29 is 13.9 Å². The molecule has 2 heterocycles. The average molecular weight is 331 g/mol. The highest BCUT2D eigenvalue weighted by Gasteiger charge is 2.20. The van der Waals surface area contributed by atoms with Gasteiger partial charge in [0, 0.05) is 18.1 Å². The molecule has 0 saturated carbocycles. The Morgan fingerprint density at radius 3 is 2.87 bits per heavy atom. The second kappa shape index (κ2) is 6.10. The van der Waals surface area contributed by atoms with Crippen molar-refractivity contribution in [3.8, 4) is 0 Å². The zero-order chi connectivity index (χ0) is 16.6. The lowest BCUT2D eigenvalue weighted by Crippen LogP contribution is -2.11. The fraction of sp³-hybridized carbons (Fsp3) is 0.312. The van der Waals surface area contributed by atoms with E-state index in [1.54, 1.807) is 7.11 Å². The average Bonchev–Trinajstić information content (AvgIpc) is 3.11. The van der Waals surface area contributed by atoms with Crippen molar-refractivity contribution in [2.75, 3.05) is 12.4 Å². The molecule has 1 N–H and O–H groups in total. The first kappa shape index (κ1) is 15.6. The Kier molecular flexibility index (Phi) is 4.14. The normalized spacial score (nSPS) is 12.5. The van der Waals surface area contributed by atoms with E-state index in [0.29, 0.717) is 21.5 Å². The van der Waals surface area contributed by atoms with E-state index in [9.17, 15) is 4.79 Å². The van der Waals surface area contributed by atoms with Crippen LogP contribution in [0.15, 0.2) is 22.6 Å². The van der Waals surface area contributed by atoms with Gasteiger partial charge in [-0.3, -0.25) is 10.1 Å². The quantitative estimate of drug-likeness (QED) is 0.785. The number of amides is 1. The van der Waals surface area contributed by atoms with E-state index in [0.717, 1.165) is 16.5 Å². The summed E-state index contributed by atoms with van der Waals surface area (Å²) in [5.41, 5.74) is 2.60. The summed E-state index contributed by atoms with van der Waals surface area (Å²) >= 11 is 1.28. The lowest BCUT2D eigenvalue weighted by molar-refractivity contribution is 0.0998. The Bertz CT molecular complexity index is 869. The molecule has 0 fully saturated rings. The molecule has 0 saturated heterocycles. The number of aryl methyl sites for hydroxylation is 2. The molecule has 0 aliphatic carbocycles. The minimum Gasteiger partial charge on any atom is -0.451 e. The van der Waals surface area contributed by atoms with Gasteiger partial charge >= 0.3 is 0 Å². The number of benzene rings is 1. The molecule has 0 aliphatic heterocycles. The molecule has 120 valence electrons. The number of aromatic nitrogens is 2. The second-order valence-corrected chi connectivity index (χ2v) is 6.34. The van der Waals surface area contributed by atoms with Crippen LogP contribution in [0.2, 0.25) is 0 Å². The number of carbonyl (C=O) groups excluding carboxylic acids is 1. The molecule has 3 rings (SSSR count). The zero-order valence-electron chi connectivity index (χ0n) is 13.3. The monoisotopic (exact) mass is 331 g/mol. The molecule has 0 bridgehead atoms. The van der Waals surface area contributed by atoms with Gasteiger partial charge in [-0.05, 0) is 32.4 Å². The molecule has 6 nitrogen and oxygen atoms in total. The Hall–Kier alpha value is -2.25. The number of anilines is 1. The van der Waals surface area contributed by atoms with E-state index in [1.807, 2.05) is 39.0 Å². The Balaban J connectivity index is 1.86. The fourth-order valence-corrected chi connectivity index (χ4v) is 3.02. The van der Waals surface area contributed by atoms with E-state index in [4.69, 9.17) is 9.15 Å². The maximum absolute atomic E-state index is 12.4. The first-order valence-electron chi connectivity index (χ1n) is 7.17. The minimum absolute atomic E-state index is 0.158. The number of methoxy groups -OCH3 is 1. The van der Waals surface area contributed by atoms with Gasteiger partial charge in [-0.15, -0.1) is 10.2 Å². The van der Waals surface area contributed by atoms with Crippen molar-refractivity contribution in [1.82, 2.24) is 10.2 Å². The summed E-state index contributed by atoms with van der Waals surface area (Å²) in [5, 5.41) is 12.8. The van der Waals surface area contributed by atoms with Gasteiger partial charge in [0.25, 0.3) is 5.91 Å². The molecule has 0 spiro atoms. The third kappa shape index (κ3) is 2.97. The second-order valence-electron chi connectivity index (χ2n) is 5.33. The van der Waals surface area contributed by atoms with E-state index in [-0.39, 0.29) is 12.0 Å². The molecular formula is C16H17N3O3S. The number of rotatable bonds is 4. The van der Waals surface area contributed by atoms with Crippen molar-refractivity contribution in [2.45, 2.75) is 26.9 Å². The summed E-state index contributed by atoms with van der Waals surface area (Å²) in [7, 11) is 1.60. The van der Waals surface area contributed by atoms with Crippen LogP contribution in [0.4, 0.5) is 5.13 Å². The number of fused-ring (bicyclic) bond motifs is 1. The van der Waals surface area contributed by atoms with Crippen LogP contribution in [-0.2, 0) is 4.74 Å². The third-order valence-corrected chi connectivity index (χ3v) is 4.66. The molecule has 23 heavy (non-hydrogen) atoms. The fourth-order valence-electron chi connectivity index (χ4n) is 2.25. The van der Waals surface area contributed by atoms with Crippen molar-refractivity contribution in [1.29, 1.82) is 0 Å². The van der Waals surface area contributed by atoms with Gasteiger partial charge < -0.3 is 9.15 Å². The summed E-state index contributed by atoms with van der Waals surface area (Å²) in [5.74, 6) is -0.0359. The molecule has 7 heteroatoms. The van der Waals surface area contributed by atoms with Gasteiger partial charge in [0.2, 0.25) is 5.13 Å². The topological polar surface area (TPSA) is 77.3 Å².